The molecular weight excluding hydrogens is 257 g/mol. The van der Waals surface area contributed by atoms with E-state index in [0.29, 0.717) is 11.3 Å². The van der Waals surface area contributed by atoms with Crippen LogP contribution in [0.25, 0.3) is 0 Å². The molecule has 0 spiro atoms. The molecule has 2 aromatic rings. The Hall–Kier alpha value is -2.36. The normalized spacial score (nSPS) is 10.6. The summed E-state index contributed by atoms with van der Waals surface area (Å²) in [6.07, 6.45) is -0.0613. The minimum Gasteiger partial charge on any atom is -0.490 e. The smallest absolute Gasteiger partial charge is 0.198 e. The van der Waals surface area contributed by atoms with E-state index in [1.165, 1.54) is 12.1 Å². The number of nitrogens with two attached hydrogens (primary N) is 1. The van der Waals surface area contributed by atoms with Crippen LogP contribution in [0, 0.1) is 5.82 Å². The Bertz CT molecular complexity index is 638. The fourth-order valence-corrected chi connectivity index (χ4v) is 1.88. The van der Waals surface area contributed by atoms with Gasteiger partial charge >= 0.3 is 0 Å². The van der Waals surface area contributed by atoms with E-state index in [-0.39, 0.29) is 23.1 Å². The molecule has 0 amide bonds. The zero-order chi connectivity index (χ0) is 14.7. The molecule has 0 aliphatic rings. The van der Waals surface area contributed by atoms with Gasteiger partial charge in [0.1, 0.15) is 11.6 Å². The second kappa shape index (κ2) is 5.74. The van der Waals surface area contributed by atoms with Gasteiger partial charge in [-0.15, -0.1) is 0 Å². The first-order valence-electron chi connectivity index (χ1n) is 6.34. The predicted octanol–water partition coefficient (Wildman–Crippen LogP) is 3.43. The summed E-state index contributed by atoms with van der Waals surface area (Å²) >= 11 is 0. The number of benzene rings is 2. The summed E-state index contributed by atoms with van der Waals surface area (Å²) in [6, 6.07) is 10.6. The average molecular weight is 273 g/mol. The van der Waals surface area contributed by atoms with Gasteiger partial charge in [-0.2, -0.15) is 0 Å². The molecule has 0 aliphatic heterocycles. The molecule has 0 heterocycles. The molecule has 4 heteroatoms. The topological polar surface area (TPSA) is 52.3 Å². The van der Waals surface area contributed by atoms with Crippen molar-refractivity contribution in [3.05, 3.63) is 59.4 Å². The van der Waals surface area contributed by atoms with Crippen molar-refractivity contribution in [1.29, 1.82) is 0 Å². The van der Waals surface area contributed by atoms with E-state index < -0.39 is 5.82 Å². The molecule has 3 nitrogen and oxygen atoms in total. The lowest BCUT2D eigenvalue weighted by Gasteiger charge is -2.14. The quantitative estimate of drug-likeness (QED) is 0.686. The molecule has 0 fully saturated rings. The number of ketones is 1. The Kier molecular flexibility index (Phi) is 4.03. The number of anilines is 1. The molecule has 2 aromatic carbocycles. The Morgan fingerprint density at radius 2 is 1.85 bits per heavy atom. The predicted molar refractivity (Wildman–Crippen MR) is 76.5 cm³/mol. The van der Waals surface area contributed by atoms with Crippen LogP contribution in [-0.2, 0) is 0 Å². The van der Waals surface area contributed by atoms with Gasteiger partial charge < -0.3 is 10.5 Å². The average Bonchev–Trinajstić information content (AvgIpc) is 2.41. The molecule has 0 saturated carbocycles. The highest BCUT2D eigenvalue weighted by molar-refractivity contribution is 6.13. The van der Waals surface area contributed by atoms with Gasteiger partial charge in [-0.1, -0.05) is 12.1 Å². The van der Waals surface area contributed by atoms with Crippen LogP contribution in [0.3, 0.4) is 0 Å². The molecular formula is C16H16FNO2. The number of ether oxygens (including phenoxy) is 1. The second-order valence-corrected chi connectivity index (χ2v) is 4.72. The third-order valence-corrected chi connectivity index (χ3v) is 2.75. The summed E-state index contributed by atoms with van der Waals surface area (Å²) in [4.78, 5) is 12.5. The van der Waals surface area contributed by atoms with Crippen LogP contribution in [0.2, 0.25) is 0 Å². The zero-order valence-electron chi connectivity index (χ0n) is 11.4. The standard InChI is InChI=1S/C16H16FNO2/c1-10(2)20-15-6-4-3-5-12(15)16(19)13-9-11(17)7-8-14(13)18/h3-10H,18H2,1-2H3. The number of nitrogen functional groups attached to an aromatic ring is 1. The Morgan fingerprint density at radius 1 is 1.15 bits per heavy atom. The van der Waals surface area contributed by atoms with E-state index in [2.05, 4.69) is 0 Å². The maximum Gasteiger partial charge on any atom is 0.198 e. The second-order valence-electron chi connectivity index (χ2n) is 4.72. The van der Waals surface area contributed by atoms with Crippen LogP contribution in [0.1, 0.15) is 29.8 Å². The maximum atomic E-state index is 13.3. The van der Waals surface area contributed by atoms with Crippen molar-refractivity contribution >= 4 is 11.5 Å². The van der Waals surface area contributed by atoms with Crippen LogP contribution in [-0.4, -0.2) is 11.9 Å². The van der Waals surface area contributed by atoms with E-state index >= 15 is 0 Å². The number of rotatable bonds is 4. The summed E-state index contributed by atoms with van der Waals surface area (Å²) in [5, 5.41) is 0. The van der Waals surface area contributed by atoms with Crippen molar-refractivity contribution in [1.82, 2.24) is 0 Å². The van der Waals surface area contributed by atoms with Crippen LogP contribution < -0.4 is 10.5 Å². The number of halogens is 1. The number of hydrogen-bond acceptors (Lipinski definition) is 3. The van der Waals surface area contributed by atoms with Crippen molar-refractivity contribution in [2.24, 2.45) is 0 Å². The van der Waals surface area contributed by atoms with Crippen molar-refractivity contribution < 1.29 is 13.9 Å². The van der Waals surface area contributed by atoms with E-state index in [9.17, 15) is 9.18 Å². The van der Waals surface area contributed by atoms with Crippen molar-refractivity contribution in [3.63, 3.8) is 0 Å². The minimum atomic E-state index is -0.496. The summed E-state index contributed by atoms with van der Waals surface area (Å²) in [5.41, 5.74) is 6.51. The maximum absolute atomic E-state index is 13.3. The highest BCUT2D eigenvalue weighted by atomic mass is 19.1. The Morgan fingerprint density at radius 3 is 2.55 bits per heavy atom. The summed E-state index contributed by atoms with van der Waals surface area (Å²) in [7, 11) is 0. The molecule has 0 aromatic heterocycles. The summed E-state index contributed by atoms with van der Waals surface area (Å²) in [6.45, 7) is 3.75. The fourth-order valence-electron chi connectivity index (χ4n) is 1.88. The van der Waals surface area contributed by atoms with Crippen molar-refractivity contribution in [2.45, 2.75) is 20.0 Å². The molecule has 0 atom stereocenters. The number of hydrogen-bond donors (Lipinski definition) is 1. The molecule has 2 N–H and O–H groups in total. The van der Waals surface area contributed by atoms with Gasteiger partial charge in [-0.25, -0.2) is 4.39 Å². The number of carbonyl (C=O) groups excluding carboxylic acids is 1. The SMILES string of the molecule is CC(C)Oc1ccccc1C(=O)c1cc(F)ccc1N. The molecule has 0 radical (unpaired) electrons. The van der Waals surface area contributed by atoms with Gasteiger partial charge in [0.15, 0.2) is 5.78 Å². The highest BCUT2D eigenvalue weighted by Gasteiger charge is 2.18. The van der Waals surface area contributed by atoms with Crippen LogP contribution in [0.5, 0.6) is 5.75 Å². The number of carbonyl (C=O) groups is 1. The first kappa shape index (κ1) is 14.1. The van der Waals surface area contributed by atoms with Gasteiger partial charge in [0.2, 0.25) is 0 Å². The third kappa shape index (κ3) is 2.96. The lowest BCUT2D eigenvalue weighted by atomic mass is 10.0. The molecule has 0 bridgehead atoms. The lowest BCUT2D eigenvalue weighted by Crippen LogP contribution is -2.12. The van der Waals surface area contributed by atoms with Gasteiger partial charge in [0, 0.05) is 11.3 Å². The first-order chi connectivity index (χ1) is 9.49. The molecule has 104 valence electrons. The summed E-state index contributed by atoms with van der Waals surface area (Å²) in [5.74, 6) is -0.376. The van der Waals surface area contributed by atoms with Crippen LogP contribution >= 0.6 is 0 Å². The van der Waals surface area contributed by atoms with Gasteiger partial charge in [0.05, 0.1) is 11.7 Å². The monoisotopic (exact) mass is 273 g/mol. The van der Waals surface area contributed by atoms with Crippen molar-refractivity contribution in [2.75, 3.05) is 5.73 Å². The van der Waals surface area contributed by atoms with Gasteiger partial charge in [-0.05, 0) is 44.2 Å². The van der Waals surface area contributed by atoms with E-state index in [1.54, 1.807) is 24.3 Å². The van der Waals surface area contributed by atoms with Crippen LogP contribution in [0.15, 0.2) is 42.5 Å². The Labute approximate surface area is 117 Å². The molecule has 20 heavy (non-hydrogen) atoms. The fraction of sp³-hybridized carbons (Fsp3) is 0.188. The zero-order valence-corrected chi connectivity index (χ0v) is 11.4. The first-order valence-corrected chi connectivity index (χ1v) is 6.34. The summed E-state index contributed by atoms with van der Waals surface area (Å²) < 4.78 is 18.9. The molecule has 0 saturated heterocycles. The van der Waals surface area contributed by atoms with Crippen molar-refractivity contribution in [3.8, 4) is 5.75 Å². The van der Waals surface area contributed by atoms with E-state index in [0.717, 1.165) is 6.07 Å². The molecule has 0 unspecified atom stereocenters. The third-order valence-electron chi connectivity index (χ3n) is 2.75. The molecule has 2 rings (SSSR count). The lowest BCUT2D eigenvalue weighted by molar-refractivity contribution is 0.103. The largest absolute Gasteiger partial charge is 0.490 e. The Balaban J connectivity index is 2.45. The van der Waals surface area contributed by atoms with E-state index in [4.69, 9.17) is 10.5 Å². The van der Waals surface area contributed by atoms with Crippen LogP contribution in [0.4, 0.5) is 10.1 Å². The number of para-hydroxylation sites is 1. The van der Waals surface area contributed by atoms with Gasteiger partial charge in [0.25, 0.3) is 0 Å². The molecule has 0 aliphatic carbocycles. The highest BCUT2D eigenvalue weighted by Crippen LogP contribution is 2.25. The van der Waals surface area contributed by atoms with E-state index in [1.807, 2.05) is 13.8 Å². The minimum absolute atomic E-state index is 0.0613. The van der Waals surface area contributed by atoms with Gasteiger partial charge in [-0.3, -0.25) is 4.79 Å².